The van der Waals surface area contributed by atoms with Gasteiger partial charge in [-0.25, -0.2) is 0 Å². The van der Waals surface area contributed by atoms with Gasteiger partial charge in [0.05, 0.1) is 5.57 Å². The quantitative estimate of drug-likeness (QED) is 0.568. The molecular weight excluding hydrogens is 364 g/mol. The van der Waals surface area contributed by atoms with Crippen molar-refractivity contribution in [2.75, 3.05) is 25.6 Å². The summed E-state index contributed by atoms with van der Waals surface area (Å²) >= 11 is 0. The Bertz CT molecular complexity index is 992. The highest BCUT2D eigenvalue weighted by Crippen LogP contribution is 2.33. The zero-order valence-corrected chi connectivity index (χ0v) is 17.8. The fourth-order valence-electron chi connectivity index (χ4n) is 3.69. The lowest BCUT2D eigenvalue weighted by atomic mass is 9.97. The molecule has 0 saturated carbocycles. The maximum Gasteiger partial charge on any atom is 0.278 e. The van der Waals surface area contributed by atoms with Crippen molar-refractivity contribution in [3.63, 3.8) is 0 Å². The van der Waals surface area contributed by atoms with E-state index in [9.17, 15) is 9.59 Å². The number of benzene rings is 2. The first-order valence-corrected chi connectivity index (χ1v) is 9.84. The number of hydrogen-bond donors (Lipinski definition) is 1. The molecule has 1 heterocycles. The van der Waals surface area contributed by atoms with E-state index in [-0.39, 0.29) is 11.8 Å². The van der Waals surface area contributed by atoms with E-state index in [1.807, 2.05) is 58.0 Å². The third-order valence-electron chi connectivity index (χ3n) is 5.19. The molecule has 1 aliphatic heterocycles. The number of ether oxygens (including phenoxy) is 1. The monoisotopic (exact) mass is 392 g/mol. The van der Waals surface area contributed by atoms with Gasteiger partial charge in [-0.2, -0.15) is 0 Å². The SMILES string of the molecule is COCCCN1C(=O)C(Nc2ccc(C)cc2C)=C(c2ccc(C)cc2C)C1=O. The van der Waals surface area contributed by atoms with Crippen LogP contribution in [0.1, 0.15) is 34.2 Å². The third kappa shape index (κ3) is 4.25. The van der Waals surface area contributed by atoms with Crippen molar-refractivity contribution in [1.82, 2.24) is 4.90 Å². The molecule has 0 bridgehead atoms. The largest absolute Gasteiger partial charge is 0.385 e. The number of rotatable bonds is 7. The van der Waals surface area contributed by atoms with Gasteiger partial charge >= 0.3 is 0 Å². The van der Waals surface area contributed by atoms with Gasteiger partial charge in [0.1, 0.15) is 5.70 Å². The Hall–Kier alpha value is -2.92. The molecule has 0 aromatic heterocycles. The summed E-state index contributed by atoms with van der Waals surface area (Å²) < 4.78 is 5.09. The summed E-state index contributed by atoms with van der Waals surface area (Å²) in [4.78, 5) is 27.8. The average molecular weight is 392 g/mol. The van der Waals surface area contributed by atoms with Crippen molar-refractivity contribution in [1.29, 1.82) is 0 Å². The number of aryl methyl sites for hydroxylation is 4. The van der Waals surface area contributed by atoms with E-state index < -0.39 is 0 Å². The number of anilines is 1. The first kappa shape index (κ1) is 20.8. The number of nitrogens with one attached hydrogen (secondary N) is 1. The van der Waals surface area contributed by atoms with Gasteiger partial charge in [-0.1, -0.05) is 41.5 Å². The summed E-state index contributed by atoms with van der Waals surface area (Å²) in [5.74, 6) is -0.550. The van der Waals surface area contributed by atoms with Crippen LogP contribution in [0, 0.1) is 27.7 Å². The van der Waals surface area contributed by atoms with Crippen molar-refractivity contribution in [2.24, 2.45) is 0 Å². The second-order valence-corrected chi connectivity index (χ2v) is 7.62. The molecule has 0 radical (unpaired) electrons. The Labute approximate surface area is 172 Å². The maximum absolute atomic E-state index is 13.3. The average Bonchev–Trinajstić information content (AvgIpc) is 2.88. The van der Waals surface area contributed by atoms with Gasteiger partial charge in [-0.3, -0.25) is 14.5 Å². The number of amides is 2. The molecule has 0 saturated heterocycles. The van der Waals surface area contributed by atoms with Gasteiger partial charge in [-0.15, -0.1) is 0 Å². The van der Waals surface area contributed by atoms with Crippen molar-refractivity contribution in [2.45, 2.75) is 34.1 Å². The molecule has 1 aliphatic rings. The molecule has 0 fully saturated rings. The van der Waals surface area contributed by atoms with E-state index in [0.717, 1.165) is 33.5 Å². The molecule has 2 aromatic carbocycles. The zero-order chi connectivity index (χ0) is 21.1. The van der Waals surface area contributed by atoms with Crippen LogP contribution in [0.4, 0.5) is 5.69 Å². The molecule has 0 atom stereocenters. The highest BCUT2D eigenvalue weighted by molar-refractivity contribution is 6.36. The molecule has 2 amide bonds. The molecular formula is C24H28N2O3. The van der Waals surface area contributed by atoms with Gasteiger partial charge in [-0.05, 0) is 56.9 Å². The van der Waals surface area contributed by atoms with Crippen molar-refractivity contribution in [3.8, 4) is 0 Å². The van der Waals surface area contributed by atoms with Crippen LogP contribution in [0.3, 0.4) is 0 Å². The minimum atomic E-state index is -0.291. The van der Waals surface area contributed by atoms with E-state index >= 15 is 0 Å². The van der Waals surface area contributed by atoms with Gasteiger partial charge in [0.25, 0.3) is 11.8 Å². The van der Waals surface area contributed by atoms with Gasteiger partial charge in [0.15, 0.2) is 0 Å². The van der Waals surface area contributed by atoms with Crippen LogP contribution in [0.15, 0.2) is 42.1 Å². The molecule has 5 heteroatoms. The second-order valence-electron chi connectivity index (χ2n) is 7.62. The standard InChI is InChI=1S/C24H28N2O3/c1-15-7-9-19(17(3)13-15)21-22(25-20-10-8-16(2)14-18(20)4)24(28)26(23(21)27)11-6-12-29-5/h7-10,13-14,25H,6,11-12H2,1-5H3. The first-order chi connectivity index (χ1) is 13.8. The molecule has 1 N–H and O–H groups in total. The normalized spacial score (nSPS) is 14.2. The number of nitrogens with zero attached hydrogens (tertiary/aromatic N) is 1. The summed E-state index contributed by atoms with van der Waals surface area (Å²) in [6.07, 6.45) is 0.602. The molecule has 152 valence electrons. The summed E-state index contributed by atoms with van der Waals surface area (Å²) in [6.45, 7) is 8.82. The lowest BCUT2D eigenvalue weighted by Gasteiger charge is -2.15. The Morgan fingerprint density at radius 3 is 2.17 bits per heavy atom. The summed E-state index contributed by atoms with van der Waals surface area (Å²) in [5.41, 5.74) is 6.64. The predicted octanol–water partition coefficient (Wildman–Crippen LogP) is 4.15. The van der Waals surface area contributed by atoms with Gasteiger partial charge in [0, 0.05) is 25.9 Å². The maximum atomic E-state index is 13.3. The summed E-state index contributed by atoms with van der Waals surface area (Å²) in [5, 5.41) is 3.26. The highest BCUT2D eigenvalue weighted by Gasteiger charge is 2.39. The highest BCUT2D eigenvalue weighted by atomic mass is 16.5. The van der Waals surface area contributed by atoms with Crippen LogP contribution in [0.5, 0.6) is 0 Å². The minimum Gasteiger partial charge on any atom is -0.385 e. The number of carbonyl (C=O) groups is 2. The molecule has 3 rings (SSSR count). The number of imide groups is 1. The molecule has 2 aromatic rings. The van der Waals surface area contributed by atoms with Crippen LogP contribution in [0.2, 0.25) is 0 Å². The topological polar surface area (TPSA) is 58.6 Å². The lowest BCUT2D eigenvalue weighted by molar-refractivity contribution is -0.136. The van der Waals surface area contributed by atoms with E-state index in [0.29, 0.717) is 30.8 Å². The fourth-order valence-corrected chi connectivity index (χ4v) is 3.69. The van der Waals surface area contributed by atoms with Crippen molar-refractivity contribution in [3.05, 3.63) is 69.9 Å². The van der Waals surface area contributed by atoms with E-state index in [4.69, 9.17) is 4.74 Å². The number of hydrogen-bond acceptors (Lipinski definition) is 4. The third-order valence-corrected chi connectivity index (χ3v) is 5.19. The van der Waals surface area contributed by atoms with E-state index in [1.165, 1.54) is 4.90 Å². The Balaban J connectivity index is 2.06. The van der Waals surface area contributed by atoms with E-state index in [2.05, 4.69) is 11.4 Å². The van der Waals surface area contributed by atoms with Crippen LogP contribution >= 0.6 is 0 Å². The van der Waals surface area contributed by atoms with Crippen LogP contribution in [0.25, 0.3) is 5.57 Å². The Morgan fingerprint density at radius 1 is 0.897 bits per heavy atom. The fraction of sp³-hybridized carbons (Fsp3) is 0.333. The van der Waals surface area contributed by atoms with Crippen molar-refractivity contribution >= 4 is 23.1 Å². The molecule has 29 heavy (non-hydrogen) atoms. The second kappa shape index (κ2) is 8.62. The summed E-state index contributed by atoms with van der Waals surface area (Å²) in [6, 6.07) is 11.9. The first-order valence-electron chi connectivity index (χ1n) is 9.84. The van der Waals surface area contributed by atoms with Gasteiger partial charge in [0.2, 0.25) is 0 Å². The van der Waals surface area contributed by atoms with Crippen molar-refractivity contribution < 1.29 is 14.3 Å². The Morgan fingerprint density at radius 2 is 1.55 bits per heavy atom. The molecule has 0 aliphatic carbocycles. The Kier molecular flexibility index (Phi) is 6.18. The lowest BCUT2D eigenvalue weighted by Crippen LogP contribution is -2.34. The number of carbonyl (C=O) groups excluding carboxylic acids is 2. The van der Waals surface area contributed by atoms with Crippen LogP contribution < -0.4 is 5.32 Å². The minimum absolute atomic E-state index is 0.259. The van der Waals surface area contributed by atoms with E-state index in [1.54, 1.807) is 7.11 Å². The molecule has 0 unspecified atom stereocenters. The smallest absolute Gasteiger partial charge is 0.278 e. The number of methoxy groups -OCH3 is 1. The van der Waals surface area contributed by atoms with Crippen LogP contribution in [-0.2, 0) is 14.3 Å². The molecule has 5 nitrogen and oxygen atoms in total. The van der Waals surface area contributed by atoms with Crippen LogP contribution in [-0.4, -0.2) is 37.0 Å². The predicted molar refractivity (Wildman–Crippen MR) is 116 cm³/mol. The van der Waals surface area contributed by atoms with Gasteiger partial charge < -0.3 is 10.1 Å². The molecule has 0 spiro atoms. The summed E-state index contributed by atoms with van der Waals surface area (Å²) in [7, 11) is 1.61. The zero-order valence-electron chi connectivity index (χ0n) is 17.8.